The molecule has 0 atom stereocenters. The first-order valence-electron chi connectivity index (χ1n) is 5.23. The Kier molecular flexibility index (Phi) is 2.67. The molecule has 0 bridgehead atoms. The molecule has 3 nitrogen and oxygen atoms in total. The smallest absolute Gasteiger partial charge is 0.122 e. The van der Waals surface area contributed by atoms with Crippen molar-refractivity contribution in [2.75, 3.05) is 6.61 Å². The first kappa shape index (κ1) is 10.5. The summed E-state index contributed by atoms with van der Waals surface area (Å²) >= 11 is 0. The average molecular weight is 207 g/mol. The van der Waals surface area contributed by atoms with Gasteiger partial charge in [-0.3, -0.25) is 4.84 Å². The molecule has 0 saturated heterocycles. The maximum absolute atomic E-state index is 5.45. The Bertz CT molecular complexity index is 361. The minimum absolute atomic E-state index is 0.312. The van der Waals surface area contributed by atoms with Gasteiger partial charge in [-0.05, 0) is 31.0 Å². The van der Waals surface area contributed by atoms with Crippen molar-refractivity contribution in [3.8, 4) is 5.75 Å². The summed E-state index contributed by atoms with van der Waals surface area (Å²) in [7, 11) is 0. The molecule has 0 aliphatic carbocycles. The SMILES string of the molecule is CC(C)(Cc1ccc2c(c1)CCO2)ON. The fourth-order valence-corrected chi connectivity index (χ4v) is 1.88. The van der Waals surface area contributed by atoms with Crippen molar-refractivity contribution < 1.29 is 9.57 Å². The van der Waals surface area contributed by atoms with Crippen molar-refractivity contribution in [2.24, 2.45) is 5.90 Å². The molecule has 2 N–H and O–H groups in total. The van der Waals surface area contributed by atoms with Crippen LogP contribution in [0, 0.1) is 0 Å². The van der Waals surface area contributed by atoms with Crippen LogP contribution in [0.15, 0.2) is 18.2 Å². The maximum atomic E-state index is 5.45. The minimum atomic E-state index is -0.312. The highest BCUT2D eigenvalue weighted by molar-refractivity contribution is 5.40. The van der Waals surface area contributed by atoms with Gasteiger partial charge < -0.3 is 4.74 Å². The van der Waals surface area contributed by atoms with Crippen LogP contribution in [0.4, 0.5) is 0 Å². The topological polar surface area (TPSA) is 44.5 Å². The zero-order chi connectivity index (χ0) is 10.9. The van der Waals surface area contributed by atoms with Gasteiger partial charge in [-0.25, -0.2) is 5.90 Å². The number of fused-ring (bicyclic) bond motifs is 1. The van der Waals surface area contributed by atoms with E-state index in [0.29, 0.717) is 0 Å². The Labute approximate surface area is 90.1 Å². The van der Waals surface area contributed by atoms with Crippen LogP contribution >= 0.6 is 0 Å². The fraction of sp³-hybridized carbons (Fsp3) is 0.500. The van der Waals surface area contributed by atoms with E-state index in [1.807, 2.05) is 19.9 Å². The zero-order valence-electron chi connectivity index (χ0n) is 9.25. The van der Waals surface area contributed by atoms with Crippen LogP contribution < -0.4 is 10.6 Å². The van der Waals surface area contributed by atoms with Crippen molar-refractivity contribution in [3.05, 3.63) is 29.3 Å². The van der Waals surface area contributed by atoms with E-state index in [9.17, 15) is 0 Å². The lowest BCUT2D eigenvalue weighted by Crippen LogP contribution is -2.30. The highest BCUT2D eigenvalue weighted by Gasteiger charge is 2.20. The van der Waals surface area contributed by atoms with E-state index < -0.39 is 0 Å². The lowest BCUT2D eigenvalue weighted by molar-refractivity contribution is -0.0187. The number of hydrogen-bond donors (Lipinski definition) is 1. The van der Waals surface area contributed by atoms with E-state index in [1.54, 1.807) is 0 Å². The lowest BCUT2D eigenvalue weighted by Gasteiger charge is -2.21. The first-order valence-corrected chi connectivity index (χ1v) is 5.23. The van der Waals surface area contributed by atoms with Gasteiger partial charge in [0.1, 0.15) is 5.75 Å². The maximum Gasteiger partial charge on any atom is 0.122 e. The molecule has 0 radical (unpaired) electrons. The highest BCUT2D eigenvalue weighted by Crippen LogP contribution is 2.27. The molecule has 1 aromatic rings. The summed E-state index contributed by atoms with van der Waals surface area (Å²) in [5.74, 6) is 6.26. The summed E-state index contributed by atoms with van der Waals surface area (Å²) in [4.78, 5) is 4.93. The van der Waals surface area contributed by atoms with E-state index in [4.69, 9.17) is 15.5 Å². The van der Waals surface area contributed by atoms with Gasteiger partial charge in [-0.2, -0.15) is 0 Å². The first-order chi connectivity index (χ1) is 7.11. The standard InChI is InChI=1S/C12H17NO2/c1-12(2,15-13)8-9-3-4-11-10(7-9)5-6-14-11/h3-4,7H,5-6,8,13H2,1-2H3. The van der Waals surface area contributed by atoms with E-state index >= 15 is 0 Å². The third kappa shape index (κ3) is 2.30. The Balaban J connectivity index is 2.17. The largest absolute Gasteiger partial charge is 0.493 e. The Morgan fingerprint density at radius 3 is 3.00 bits per heavy atom. The molecule has 0 spiro atoms. The van der Waals surface area contributed by atoms with Crippen molar-refractivity contribution in [2.45, 2.75) is 32.3 Å². The molecular weight excluding hydrogens is 190 g/mol. The molecule has 1 heterocycles. The molecule has 1 aliphatic rings. The van der Waals surface area contributed by atoms with Crippen LogP contribution in [0.3, 0.4) is 0 Å². The van der Waals surface area contributed by atoms with Crippen molar-refractivity contribution >= 4 is 0 Å². The normalized spacial score (nSPS) is 14.9. The number of hydrogen-bond acceptors (Lipinski definition) is 3. The third-order valence-electron chi connectivity index (χ3n) is 2.70. The number of rotatable bonds is 3. The van der Waals surface area contributed by atoms with Gasteiger partial charge in [0.15, 0.2) is 0 Å². The van der Waals surface area contributed by atoms with Gasteiger partial charge in [0.25, 0.3) is 0 Å². The molecule has 82 valence electrons. The van der Waals surface area contributed by atoms with Gasteiger partial charge in [-0.1, -0.05) is 12.1 Å². The van der Waals surface area contributed by atoms with Crippen molar-refractivity contribution in [1.82, 2.24) is 0 Å². The van der Waals surface area contributed by atoms with Crippen LogP contribution in [0.1, 0.15) is 25.0 Å². The quantitative estimate of drug-likeness (QED) is 0.769. The van der Waals surface area contributed by atoms with Gasteiger partial charge in [-0.15, -0.1) is 0 Å². The number of nitrogens with two attached hydrogens (primary N) is 1. The molecule has 0 aromatic heterocycles. The molecule has 1 aromatic carbocycles. The summed E-state index contributed by atoms with van der Waals surface area (Å²) < 4.78 is 5.45. The molecule has 0 unspecified atom stereocenters. The molecule has 0 saturated carbocycles. The molecule has 0 fully saturated rings. The van der Waals surface area contributed by atoms with Crippen LogP contribution in [0.2, 0.25) is 0 Å². The average Bonchev–Trinajstić information content (AvgIpc) is 2.64. The molecular formula is C12H17NO2. The van der Waals surface area contributed by atoms with Crippen LogP contribution in [-0.4, -0.2) is 12.2 Å². The Morgan fingerprint density at radius 1 is 1.47 bits per heavy atom. The van der Waals surface area contributed by atoms with E-state index in [-0.39, 0.29) is 5.60 Å². The Morgan fingerprint density at radius 2 is 2.27 bits per heavy atom. The number of ether oxygens (including phenoxy) is 1. The second-order valence-corrected chi connectivity index (χ2v) is 4.59. The Hall–Kier alpha value is -1.06. The van der Waals surface area contributed by atoms with Crippen LogP contribution in [0.5, 0.6) is 5.75 Å². The minimum Gasteiger partial charge on any atom is -0.493 e. The van der Waals surface area contributed by atoms with Gasteiger partial charge in [0.05, 0.1) is 12.2 Å². The van der Waals surface area contributed by atoms with E-state index in [1.165, 1.54) is 11.1 Å². The predicted octanol–water partition coefficient (Wildman–Crippen LogP) is 1.83. The monoisotopic (exact) mass is 207 g/mol. The lowest BCUT2D eigenvalue weighted by atomic mass is 9.97. The van der Waals surface area contributed by atoms with Gasteiger partial charge >= 0.3 is 0 Å². The molecule has 15 heavy (non-hydrogen) atoms. The van der Waals surface area contributed by atoms with Crippen LogP contribution in [-0.2, 0) is 17.7 Å². The summed E-state index contributed by atoms with van der Waals surface area (Å²) in [6.45, 7) is 4.77. The van der Waals surface area contributed by atoms with Crippen molar-refractivity contribution in [1.29, 1.82) is 0 Å². The molecule has 3 heteroatoms. The third-order valence-corrected chi connectivity index (χ3v) is 2.70. The summed E-state index contributed by atoms with van der Waals surface area (Å²) in [5.41, 5.74) is 2.23. The zero-order valence-corrected chi connectivity index (χ0v) is 9.25. The van der Waals surface area contributed by atoms with Crippen LogP contribution in [0.25, 0.3) is 0 Å². The predicted molar refractivity (Wildman–Crippen MR) is 58.7 cm³/mol. The van der Waals surface area contributed by atoms with E-state index in [0.717, 1.165) is 25.2 Å². The van der Waals surface area contributed by atoms with Gasteiger partial charge in [0.2, 0.25) is 0 Å². The fourth-order valence-electron chi connectivity index (χ4n) is 1.88. The molecule has 0 amide bonds. The van der Waals surface area contributed by atoms with Crippen molar-refractivity contribution in [3.63, 3.8) is 0 Å². The molecule has 2 rings (SSSR count). The second-order valence-electron chi connectivity index (χ2n) is 4.59. The molecule has 1 aliphatic heterocycles. The summed E-state index contributed by atoms with van der Waals surface area (Å²) in [6, 6.07) is 6.29. The highest BCUT2D eigenvalue weighted by atomic mass is 16.6. The summed E-state index contributed by atoms with van der Waals surface area (Å²) in [6.07, 6.45) is 1.82. The summed E-state index contributed by atoms with van der Waals surface area (Å²) in [5, 5.41) is 0. The second kappa shape index (κ2) is 3.83. The van der Waals surface area contributed by atoms with E-state index in [2.05, 4.69) is 12.1 Å². The number of benzene rings is 1. The van der Waals surface area contributed by atoms with Gasteiger partial charge in [0, 0.05) is 12.8 Å².